The lowest BCUT2D eigenvalue weighted by molar-refractivity contribution is -0.362. The van der Waals surface area contributed by atoms with Crippen LogP contribution < -0.4 is 0 Å². The van der Waals surface area contributed by atoms with Gasteiger partial charge in [0.25, 0.3) is 0 Å². The van der Waals surface area contributed by atoms with Gasteiger partial charge < -0.3 is 59.4 Å². The highest BCUT2D eigenvalue weighted by Gasteiger charge is 2.67. The molecular weight excluding hydrogens is 600 g/mol. The summed E-state index contributed by atoms with van der Waals surface area (Å²) in [6, 6.07) is 0. The SMILES string of the molecule is CO[C@@H]1[C@@H](O)[C@H](OC2CC[C@@]3(C)C(CC[C@@H]4[C@@H]3CC[C@]3(C)[C@@H](C(C)O)CC[C@@]43O)C2)O[C@H](C)[C@@H]1O[C@@H]1O[C@H](CO)[C@@H](O)[C@H](O)[C@H]1O. The Bertz CT molecular complexity index is 1060. The van der Waals surface area contributed by atoms with E-state index in [1.807, 2.05) is 6.92 Å². The van der Waals surface area contributed by atoms with Crippen LogP contribution in [0.15, 0.2) is 0 Å². The molecule has 2 saturated heterocycles. The summed E-state index contributed by atoms with van der Waals surface area (Å²) in [4.78, 5) is 0. The lowest BCUT2D eigenvalue weighted by atomic mass is 9.43. The number of methoxy groups -OCH3 is 1. The van der Waals surface area contributed by atoms with Gasteiger partial charge in [0.15, 0.2) is 12.6 Å². The highest BCUT2D eigenvalue weighted by atomic mass is 16.7. The van der Waals surface area contributed by atoms with Crippen LogP contribution in [0.2, 0.25) is 0 Å². The molecule has 0 radical (unpaired) electrons. The maximum atomic E-state index is 12.3. The molecule has 0 aromatic heterocycles. The fourth-order valence-corrected chi connectivity index (χ4v) is 11.2. The fourth-order valence-electron chi connectivity index (χ4n) is 11.2. The second-order valence-corrected chi connectivity index (χ2v) is 16.0. The smallest absolute Gasteiger partial charge is 0.187 e. The molecule has 0 aromatic carbocycles. The van der Waals surface area contributed by atoms with Gasteiger partial charge in [0.05, 0.1) is 30.5 Å². The first-order chi connectivity index (χ1) is 21.7. The van der Waals surface area contributed by atoms with Crippen molar-refractivity contribution in [1.29, 1.82) is 0 Å². The lowest BCUT2D eigenvalue weighted by Crippen LogP contribution is -2.64. The lowest BCUT2D eigenvalue weighted by Gasteiger charge is -2.64. The minimum atomic E-state index is -1.59. The Hall–Kier alpha value is -0.480. The summed E-state index contributed by atoms with van der Waals surface area (Å²) < 4.78 is 29.8. The summed E-state index contributed by atoms with van der Waals surface area (Å²) in [5.41, 5.74) is -0.904. The van der Waals surface area contributed by atoms with Gasteiger partial charge in [0.1, 0.15) is 42.7 Å². The number of fused-ring (bicyclic) bond motifs is 5. The largest absolute Gasteiger partial charge is 0.394 e. The summed E-state index contributed by atoms with van der Waals surface area (Å²) >= 11 is 0. The second kappa shape index (κ2) is 13.0. The first kappa shape index (κ1) is 35.3. The van der Waals surface area contributed by atoms with Crippen molar-refractivity contribution < 1.29 is 59.4 Å². The van der Waals surface area contributed by atoms with E-state index in [0.29, 0.717) is 11.8 Å². The molecule has 4 aliphatic carbocycles. The summed E-state index contributed by atoms with van der Waals surface area (Å²) in [6.07, 6.45) is -4.14. The van der Waals surface area contributed by atoms with E-state index < -0.39 is 79.7 Å². The summed E-state index contributed by atoms with van der Waals surface area (Å²) in [5, 5.41) is 74.5. The Morgan fingerprint density at radius 1 is 0.804 bits per heavy atom. The molecule has 12 nitrogen and oxygen atoms in total. The first-order valence-corrected chi connectivity index (χ1v) is 17.6. The average Bonchev–Trinajstić information content (AvgIpc) is 3.31. The zero-order chi connectivity index (χ0) is 33.3. The molecule has 2 heterocycles. The van der Waals surface area contributed by atoms with Crippen LogP contribution in [-0.2, 0) is 23.7 Å². The quantitative estimate of drug-likeness (QED) is 0.191. The van der Waals surface area contributed by atoms with Gasteiger partial charge in [-0.15, -0.1) is 0 Å². The predicted octanol–water partition coefficient (Wildman–Crippen LogP) is 0.832. The van der Waals surface area contributed by atoms with Crippen molar-refractivity contribution in [1.82, 2.24) is 0 Å². The van der Waals surface area contributed by atoms with Gasteiger partial charge in [-0.1, -0.05) is 13.8 Å². The van der Waals surface area contributed by atoms with Gasteiger partial charge >= 0.3 is 0 Å². The number of aliphatic hydroxyl groups is 7. The number of rotatable bonds is 7. The van der Waals surface area contributed by atoms with E-state index in [0.717, 1.165) is 57.8 Å². The third kappa shape index (κ3) is 5.51. The molecule has 19 atom stereocenters. The van der Waals surface area contributed by atoms with Crippen LogP contribution >= 0.6 is 0 Å². The molecule has 2 aliphatic heterocycles. The highest BCUT2D eigenvalue weighted by molar-refractivity contribution is 5.17. The Morgan fingerprint density at radius 3 is 2.20 bits per heavy atom. The van der Waals surface area contributed by atoms with Crippen molar-refractivity contribution in [2.75, 3.05) is 13.7 Å². The van der Waals surface area contributed by atoms with Crippen molar-refractivity contribution in [2.45, 2.75) is 165 Å². The van der Waals surface area contributed by atoms with E-state index in [4.69, 9.17) is 23.7 Å². The third-order valence-corrected chi connectivity index (χ3v) is 13.9. The molecule has 7 N–H and O–H groups in total. The van der Waals surface area contributed by atoms with Crippen molar-refractivity contribution in [3.05, 3.63) is 0 Å². The monoisotopic (exact) mass is 658 g/mol. The van der Waals surface area contributed by atoms with Gasteiger partial charge in [-0.2, -0.15) is 0 Å². The molecule has 46 heavy (non-hydrogen) atoms. The van der Waals surface area contributed by atoms with Crippen molar-refractivity contribution in [2.24, 2.45) is 34.5 Å². The normalized spacial score (nSPS) is 56.5. The van der Waals surface area contributed by atoms with E-state index in [-0.39, 0.29) is 28.8 Å². The van der Waals surface area contributed by atoms with E-state index >= 15 is 0 Å². The molecule has 0 aromatic rings. The number of hydrogen-bond donors (Lipinski definition) is 7. The van der Waals surface area contributed by atoms with Gasteiger partial charge in [0.2, 0.25) is 0 Å². The van der Waals surface area contributed by atoms with Gasteiger partial charge in [0, 0.05) is 12.5 Å². The Labute approximate surface area is 272 Å². The number of ether oxygens (including phenoxy) is 5. The molecule has 0 spiro atoms. The first-order valence-electron chi connectivity index (χ1n) is 17.6. The molecule has 266 valence electrons. The van der Waals surface area contributed by atoms with E-state index in [1.165, 1.54) is 7.11 Å². The maximum absolute atomic E-state index is 12.3. The minimum absolute atomic E-state index is 0.0848. The van der Waals surface area contributed by atoms with Crippen LogP contribution in [-0.4, -0.2) is 129 Å². The summed E-state index contributed by atoms with van der Waals surface area (Å²) in [6.45, 7) is 7.67. The molecule has 6 rings (SSSR count). The predicted molar refractivity (Wildman–Crippen MR) is 163 cm³/mol. The molecule has 4 saturated carbocycles. The van der Waals surface area contributed by atoms with E-state index in [9.17, 15) is 35.7 Å². The Balaban J connectivity index is 1.09. The standard InChI is InChI=1S/C34H58O12/c1-16(36)20-10-13-34(41)22-7-6-18-14-19(8-11-32(18,3)21(22)9-12-33(20,34)4)44-31-27(40)29(42-5)28(17(2)43-31)46-30-26(39)25(38)24(37)23(15-35)45-30/h16-31,35-41H,6-15H2,1-5H3/t16?,17-,18?,19?,20-,21+,22-,23-,24-,25+,26-,27-,28+,29-,30+,31+,32+,33-,34-/m1/s1. The molecule has 0 bridgehead atoms. The van der Waals surface area contributed by atoms with E-state index in [2.05, 4.69) is 13.8 Å². The molecule has 0 amide bonds. The van der Waals surface area contributed by atoms with Gasteiger partial charge in [-0.05, 0) is 101 Å². The third-order valence-electron chi connectivity index (χ3n) is 13.9. The van der Waals surface area contributed by atoms with Crippen LogP contribution in [0.4, 0.5) is 0 Å². The van der Waals surface area contributed by atoms with Crippen LogP contribution in [0.25, 0.3) is 0 Å². The molecule has 12 heteroatoms. The van der Waals surface area contributed by atoms with Crippen LogP contribution in [0.3, 0.4) is 0 Å². The second-order valence-electron chi connectivity index (χ2n) is 16.0. The summed E-state index contributed by atoms with van der Waals surface area (Å²) in [7, 11) is 1.44. The highest BCUT2D eigenvalue weighted by Crippen LogP contribution is 2.69. The topological polar surface area (TPSA) is 188 Å². The maximum Gasteiger partial charge on any atom is 0.187 e. The molecule has 6 aliphatic rings. The van der Waals surface area contributed by atoms with Gasteiger partial charge in [-0.25, -0.2) is 0 Å². The Morgan fingerprint density at radius 2 is 1.52 bits per heavy atom. The van der Waals surface area contributed by atoms with Crippen LogP contribution in [0, 0.1) is 34.5 Å². The zero-order valence-corrected chi connectivity index (χ0v) is 28.0. The van der Waals surface area contributed by atoms with E-state index in [1.54, 1.807) is 6.92 Å². The zero-order valence-electron chi connectivity index (χ0n) is 28.0. The number of aliphatic hydroxyl groups excluding tert-OH is 6. The summed E-state index contributed by atoms with van der Waals surface area (Å²) in [5.74, 6) is 1.22. The molecular formula is C34H58O12. The van der Waals surface area contributed by atoms with Crippen molar-refractivity contribution in [3.63, 3.8) is 0 Å². The molecule has 6 fully saturated rings. The minimum Gasteiger partial charge on any atom is -0.394 e. The fraction of sp³-hybridized carbons (Fsp3) is 1.00. The van der Waals surface area contributed by atoms with Crippen molar-refractivity contribution in [3.8, 4) is 0 Å². The number of hydrogen-bond acceptors (Lipinski definition) is 12. The Kier molecular flexibility index (Phi) is 9.99. The average molecular weight is 659 g/mol. The molecule has 3 unspecified atom stereocenters. The van der Waals surface area contributed by atoms with Crippen LogP contribution in [0.5, 0.6) is 0 Å². The van der Waals surface area contributed by atoms with Crippen LogP contribution in [0.1, 0.15) is 85.5 Å². The van der Waals surface area contributed by atoms with Crippen molar-refractivity contribution >= 4 is 0 Å². The van der Waals surface area contributed by atoms with Gasteiger partial charge in [-0.3, -0.25) is 0 Å².